The fourth-order valence-corrected chi connectivity index (χ4v) is 3.05. The molecule has 106 valence electrons. The normalized spacial score (nSPS) is 18.2. The van der Waals surface area contributed by atoms with Gasteiger partial charge in [0, 0.05) is 6.04 Å². The zero-order chi connectivity index (χ0) is 13.5. The van der Waals surface area contributed by atoms with Gasteiger partial charge < -0.3 is 10.1 Å². The molecule has 2 heteroatoms. The highest BCUT2D eigenvalue weighted by Crippen LogP contribution is 2.27. The van der Waals surface area contributed by atoms with E-state index >= 15 is 0 Å². The van der Waals surface area contributed by atoms with Crippen molar-refractivity contribution in [3.05, 3.63) is 29.8 Å². The summed E-state index contributed by atoms with van der Waals surface area (Å²) in [6.07, 6.45) is 6.89. The molecule has 1 atom stereocenters. The van der Waals surface area contributed by atoms with E-state index in [1.54, 1.807) is 0 Å². The number of benzene rings is 1. The zero-order valence-electron chi connectivity index (χ0n) is 12.3. The smallest absolute Gasteiger partial charge is 0.119 e. The molecule has 1 fully saturated rings. The van der Waals surface area contributed by atoms with Crippen LogP contribution in [0.25, 0.3) is 0 Å². The topological polar surface area (TPSA) is 21.3 Å². The van der Waals surface area contributed by atoms with E-state index in [9.17, 15) is 0 Å². The maximum Gasteiger partial charge on any atom is 0.119 e. The molecule has 0 aliphatic heterocycles. The second-order valence-corrected chi connectivity index (χ2v) is 5.69. The molecule has 0 saturated heterocycles. The Morgan fingerprint density at radius 2 is 2.05 bits per heavy atom. The van der Waals surface area contributed by atoms with Crippen molar-refractivity contribution in [2.24, 2.45) is 5.92 Å². The van der Waals surface area contributed by atoms with Crippen molar-refractivity contribution in [2.45, 2.75) is 52.0 Å². The maximum atomic E-state index is 5.99. The lowest BCUT2D eigenvalue weighted by molar-refractivity contribution is 0.187. The predicted molar refractivity (Wildman–Crippen MR) is 80.7 cm³/mol. The Kier molecular flexibility index (Phi) is 5.71. The summed E-state index contributed by atoms with van der Waals surface area (Å²) < 4.78 is 5.99. The highest BCUT2D eigenvalue weighted by Gasteiger charge is 2.23. The van der Waals surface area contributed by atoms with Crippen LogP contribution in [0, 0.1) is 12.8 Å². The van der Waals surface area contributed by atoms with Crippen LogP contribution in [0.5, 0.6) is 5.75 Å². The first-order valence-electron chi connectivity index (χ1n) is 7.72. The molecule has 0 spiro atoms. The van der Waals surface area contributed by atoms with Crippen LogP contribution in [0.15, 0.2) is 24.3 Å². The summed E-state index contributed by atoms with van der Waals surface area (Å²) in [5.74, 6) is 1.79. The molecule has 0 radical (unpaired) electrons. The third-order valence-corrected chi connectivity index (χ3v) is 4.10. The summed E-state index contributed by atoms with van der Waals surface area (Å²) in [7, 11) is 0. The molecular formula is C17H27NO. The summed E-state index contributed by atoms with van der Waals surface area (Å²) in [6.45, 7) is 6.11. The minimum Gasteiger partial charge on any atom is -0.492 e. The van der Waals surface area contributed by atoms with Gasteiger partial charge in [-0.1, -0.05) is 38.3 Å². The Balaban J connectivity index is 1.89. The van der Waals surface area contributed by atoms with E-state index in [0.717, 1.165) is 24.8 Å². The standard InChI is InChI=1S/C17H27NO/c1-3-18-17(15-9-5-4-6-10-15)13-19-16-11-7-8-14(2)12-16/h7-8,11-12,15,17-18H,3-6,9-10,13H2,1-2H3. The summed E-state index contributed by atoms with van der Waals surface area (Å²) in [5, 5.41) is 3.61. The van der Waals surface area contributed by atoms with Gasteiger partial charge in [0.15, 0.2) is 0 Å². The lowest BCUT2D eigenvalue weighted by atomic mass is 9.84. The summed E-state index contributed by atoms with van der Waals surface area (Å²) in [6, 6.07) is 8.84. The van der Waals surface area contributed by atoms with Crippen molar-refractivity contribution < 1.29 is 4.74 Å². The van der Waals surface area contributed by atoms with Gasteiger partial charge in [-0.3, -0.25) is 0 Å². The largest absolute Gasteiger partial charge is 0.492 e. The van der Waals surface area contributed by atoms with Crippen molar-refractivity contribution in [1.29, 1.82) is 0 Å². The molecular weight excluding hydrogens is 234 g/mol. The first kappa shape index (κ1) is 14.4. The number of likely N-dealkylation sites (N-methyl/N-ethyl adjacent to an activating group) is 1. The van der Waals surface area contributed by atoms with Crippen LogP contribution in [0.2, 0.25) is 0 Å². The monoisotopic (exact) mass is 261 g/mol. The number of hydrogen-bond acceptors (Lipinski definition) is 2. The van der Waals surface area contributed by atoms with E-state index in [1.165, 1.54) is 37.7 Å². The van der Waals surface area contributed by atoms with Gasteiger partial charge in [-0.05, 0) is 49.9 Å². The molecule has 0 heterocycles. The molecule has 0 bridgehead atoms. The number of hydrogen-bond donors (Lipinski definition) is 1. The van der Waals surface area contributed by atoms with Crippen molar-refractivity contribution in [3.63, 3.8) is 0 Å². The van der Waals surface area contributed by atoms with Crippen molar-refractivity contribution in [1.82, 2.24) is 5.32 Å². The van der Waals surface area contributed by atoms with Gasteiger partial charge in [-0.2, -0.15) is 0 Å². The van der Waals surface area contributed by atoms with E-state index in [1.807, 2.05) is 0 Å². The second kappa shape index (κ2) is 7.54. The van der Waals surface area contributed by atoms with Crippen LogP contribution in [0.3, 0.4) is 0 Å². The van der Waals surface area contributed by atoms with Gasteiger partial charge in [0.25, 0.3) is 0 Å². The highest BCUT2D eigenvalue weighted by atomic mass is 16.5. The number of nitrogens with one attached hydrogen (secondary N) is 1. The molecule has 1 unspecified atom stereocenters. The van der Waals surface area contributed by atoms with Gasteiger partial charge in [-0.25, -0.2) is 0 Å². The van der Waals surface area contributed by atoms with Gasteiger partial charge in [-0.15, -0.1) is 0 Å². The van der Waals surface area contributed by atoms with E-state index in [4.69, 9.17) is 4.74 Å². The van der Waals surface area contributed by atoms with Crippen LogP contribution in [0.1, 0.15) is 44.6 Å². The molecule has 1 aliphatic rings. The van der Waals surface area contributed by atoms with E-state index in [-0.39, 0.29) is 0 Å². The van der Waals surface area contributed by atoms with Crippen LogP contribution in [-0.4, -0.2) is 19.2 Å². The van der Waals surface area contributed by atoms with Crippen LogP contribution in [-0.2, 0) is 0 Å². The summed E-state index contributed by atoms with van der Waals surface area (Å²) >= 11 is 0. The van der Waals surface area contributed by atoms with Gasteiger partial charge in [0.2, 0.25) is 0 Å². The Hall–Kier alpha value is -1.02. The Labute approximate surface area is 117 Å². The molecule has 19 heavy (non-hydrogen) atoms. The minimum absolute atomic E-state index is 0.505. The zero-order valence-corrected chi connectivity index (χ0v) is 12.3. The van der Waals surface area contributed by atoms with Crippen molar-refractivity contribution in [3.8, 4) is 5.75 Å². The Bertz CT molecular complexity index is 371. The lowest BCUT2D eigenvalue weighted by Crippen LogP contribution is -2.41. The fraction of sp³-hybridized carbons (Fsp3) is 0.647. The fourth-order valence-electron chi connectivity index (χ4n) is 3.05. The highest BCUT2D eigenvalue weighted by molar-refractivity contribution is 5.27. The molecule has 2 nitrogen and oxygen atoms in total. The SMILES string of the molecule is CCNC(COc1cccc(C)c1)C1CCCCC1. The molecule has 0 aromatic heterocycles. The van der Waals surface area contributed by atoms with Crippen LogP contribution >= 0.6 is 0 Å². The first-order chi connectivity index (χ1) is 9.29. The first-order valence-corrected chi connectivity index (χ1v) is 7.72. The molecule has 1 aliphatic carbocycles. The summed E-state index contributed by atoms with van der Waals surface area (Å²) in [5.41, 5.74) is 1.26. The number of aryl methyl sites for hydroxylation is 1. The Morgan fingerprint density at radius 3 is 2.74 bits per heavy atom. The van der Waals surface area contributed by atoms with E-state index in [0.29, 0.717) is 6.04 Å². The van der Waals surface area contributed by atoms with Gasteiger partial charge in [0.1, 0.15) is 12.4 Å². The van der Waals surface area contributed by atoms with Crippen molar-refractivity contribution in [2.75, 3.05) is 13.2 Å². The quantitative estimate of drug-likeness (QED) is 0.837. The Morgan fingerprint density at radius 1 is 1.26 bits per heavy atom. The van der Waals surface area contributed by atoms with E-state index < -0.39 is 0 Å². The average molecular weight is 261 g/mol. The van der Waals surface area contributed by atoms with Crippen molar-refractivity contribution >= 4 is 0 Å². The number of rotatable bonds is 6. The maximum absolute atomic E-state index is 5.99. The molecule has 0 amide bonds. The average Bonchev–Trinajstić information content (AvgIpc) is 2.44. The van der Waals surface area contributed by atoms with Gasteiger partial charge in [0.05, 0.1) is 0 Å². The molecule has 2 rings (SSSR count). The minimum atomic E-state index is 0.505. The predicted octanol–water partition coefficient (Wildman–Crippen LogP) is 3.93. The molecule has 1 aromatic carbocycles. The molecule has 1 N–H and O–H groups in total. The number of ether oxygens (including phenoxy) is 1. The van der Waals surface area contributed by atoms with Gasteiger partial charge >= 0.3 is 0 Å². The summed E-state index contributed by atoms with van der Waals surface area (Å²) in [4.78, 5) is 0. The molecule has 1 aromatic rings. The lowest BCUT2D eigenvalue weighted by Gasteiger charge is -2.30. The molecule has 1 saturated carbocycles. The third kappa shape index (κ3) is 4.54. The van der Waals surface area contributed by atoms with Crippen LogP contribution < -0.4 is 10.1 Å². The van der Waals surface area contributed by atoms with Crippen LogP contribution in [0.4, 0.5) is 0 Å². The van der Waals surface area contributed by atoms with E-state index in [2.05, 4.69) is 43.4 Å². The second-order valence-electron chi connectivity index (χ2n) is 5.69. The third-order valence-electron chi connectivity index (χ3n) is 4.10.